The number of ketones is 1. The highest BCUT2D eigenvalue weighted by Crippen LogP contribution is 2.27. The van der Waals surface area contributed by atoms with Crippen molar-refractivity contribution in [3.8, 4) is 11.6 Å². The molecule has 1 aromatic carbocycles. The molecule has 0 aliphatic carbocycles. The highest BCUT2D eigenvalue weighted by Gasteiger charge is 2.15. The molecule has 2 rings (SSSR count). The second-order valence-corrected chi connectivity index (χ2v) is 7.21. The molecule has 0 amide bonds. The number of carbonyl (C=O) groups excluding carboxylic acids is 1. The minimum absolute atomic E-state index is 0.00409. The van der Waals surface area contributed by atoms with Gasteiger partial charge in [0.25, 0.3) is 0 Å². The largest absolute Gasteiger partial charge is 0.438 e. The molecule has 2 aromatic rings. The molecule has 0 saturated heterocycles. The van der Waals surface area contributed by atoms with E-state index in [0.29, 0.717) is 5.56 Å². The van der Waals surface area contributed by atoms with Crippen LogP contribution in [0, 0.1) is 5.92 Å². The number of sulfone groups is 1. The molecule has 0 saturated carbocycles. The molecule has 0 spiro atoms. The van der Waals surface area contributed by atoms with Crippen LogP contribution < -0.4 is 4.74 Å². The Morgan fingerprint density at radius 3 is 2.36 bits per heavy atom. The highest BCUT2D eigenvalue weighted by atomic mass is 32.2. The fraction of sp³-hybridized carbons (Fsp3) is 0.250. The predicted octanol–water partition coefficient (Wildman–Crippen LogP) is 3.12. The number of hydrogen-bond acceptors (Lipinski definition) is 5. The van der Waals surface area contributed by atoms with E-state index in [-0.39, 0.29) is 28.2 Å². The van der Waals surface area contributed by atoms with Crippen LogP contribution in [0.25, 0.3) is 0 Å². The zero-order valence-corrected chi connectivity index (χ0v) is 13.4. The van der Waals surface area contributed by atoms with Crippen molar-refractivity contribution < 1.29 is 17.9 Å². The van der Waals surface area contributed by atoms with Crippen molar-refractivity contribution in [3.05, 3.63) is 48.2 Å². The normalized spacial score (nSPS) is 11.5. The summed E-state index contributed by atoms with van der Waals surface area (Å²) in [4.78, 5) is 16.0. The Morgan fingerprint density at radius 1 is 1.14 bits per heavy atom. The summed E-state index contributed by atoms with van der Waals surface area (Å²) in [6, 6.07) is 9.51. The maximum Gasteiger partial charge on any atom is 0.219 e. The van der Waals surface area contributed by atoms with E-state index in [9.17, 15) is 13.2 Å². The van der Waals surface area contributed by atoms with Gasteiger partial charge in [-0.1, -0.05) is 26.0 Å². The zero-order valence-electron chi connectivity index (χ0n) is 12.6. The molecule has 22 heavy (non-hydrogen) atoms. The van der Waals surface area contributed by atoms with Gasteiger partial charge in [-0.15, -0.1) is 0 Å². The Labute approximate surface area is 129 Å². The SMILES string of the molecule is CC(C)C(=O)c1ccc(Oc2ccccc2S(C)(=O)=O)nc1. The van der Waals surface area contributed by atoms with E-state index in [2.05, 4.69) is 4.98 Å². The van der Waals surface area contributed by atoms with Crippen molar-refractivity contribution in [1.82, 2.24) is 4.98 Å². The van der Waals surface area contributed by atoms with E-state index in [0.717, 1.165) is 6.26 Å². The van der Waals surface area contributed by atoms with Crippen molar-refractivity contribution in [3.63, 3.8) is 0 Å². The third kappa shape index (κ3) is 3.71. The summed E-state index contributed by atoms with van der Waals surface area (Å²) < 4.78 is 29.0. The lowest BCUT2D eigenvalue weighted by Gasteiger charge is -2.09. The number of rotatable bonds is 5. The highest BCUT2D eigenvalue weighted by molar-refractivity contribution is 7.90. The number of hydrogen-bond donors (Lipinski definition) is 0. The van der Waals surface area contributed by atoms with E-state index in [4.69, 9.17) is 4.74 Å². The van der Waals surface area contributed by atoms with Crippen LogP contribution in [0.3, 0.4) is 0 Å². The number of aromatic nitrogens is 1. The number of Topliss-reactive ketones (excluding diaryl/α,β-unsaturated/α-hetero) is 1. The molecule has 1 aromatic heterocycles. The second-order valence-electron chi connectivity index (χ2n) is 5.23. The molecule has 0 unspecified atom stereocenters. The minimum atomic E-state index is -3.39. The van der Waals surface area contributed by atoms with E-state index >= 15 is 0 Å². The third-order valence-electron chi connectivity index (χ3n) is 3.01. The molecule has 0 bridgehead atoms. The van der Waals surface area contributed by atoms with Gasteiger partial charge in [-0.3, -0.25) is 4.79 Å². The van der Waals surface area contributed by atoms with Crippen LogP contribution in [-0.4, -0.2) is 25.4 Å². The summed E-state index contributed by atoms with van der Waals surface area (Å²) in [6.45, 7) is 3.63. The van der Waals surface area contributed by atoms with Gasteiger partial charge in [-0.25, -0.2) is 13.4 Å². The van der Waals surface area contributed by atoms with Gasteiger partial charge in [0, 0.05) is 30.0 Å². The Balaban J connectivity index is 2.28. The predicted molar refractivity (Wildman–Crippen MR) is 83.0 cm³/mol. The Hall–Kier alpha value is -2.21. The zero-order chi connectivity index (χ0) is 16.3. The first kappa shape index (κ1) is 16.2. The smallest absolute Gasteiger partial charge is 0.219 e. The van der Waals surface area contributed by atoms with Crippen molar-refractivity contribution in [1.29, 1.82) is 0 Å². The monoisotopic (exact) mass is 319 g/mol. The lowest BCUT2D eigenvalue weighted by atomic mass is 10.0. The van der Waals surface area contributed by atoms with Gasteiger partial charge in [0.05, 0.1) is 0 Å². The van der Waals surface area contributed by atoms with Crippen LogP contribution in [0.15, 0.2) is 47.5 Å². The average molecular weight is 319 g/mol. The standard InChI is InChI=1S/C16H17NO4S/c1-11(2)16(18)12-8-9-15(17-10-12)21-13-6-4-5-7-14(13)22(3,19)20/h4-11H,1-3H3. The number of para-hydroxylation sites is 1. The summed E-state index contributed by atoms with van der Waals surface area (Å²) in [5.41, 5.74) is 0.499. The number of benzene rings is 1. The Morgan fingerprint density at radius 2 is 1.82 bits per heavy atom. The summed E-state index contributed by atoms with van der Waals surface area (Å²) in [5, 5.41) is 0. The second kappa shape index (κ2) is 6.27. The van der Waals surface area contributed by atoms with Gasteiger partial charge in [0.15, 0.2) is 15.6 Å². The molecular formula is C16H17NO4S. The van der Waals surface area contributed by atoms with Crippen LogP contribution in [0.5, 0.6) is 11.6 Å². The van der Waals surface area contributed by atoms with Crippen molar-refractivity contribution >= 4 is 15.6 Å². The minimum Gasteiger partial charge on any atom is -0.438 e. The quantitative estimate of drug-likeness (QED) is 0.792. The number of pyridine rings is 1. The number of nitrogens with zero attached hydrogens (tertiary/aromatic N) is 1. The van der Waals surface area contributed by atoms with Crippen LogP contribution in [0.1, 0.15) is 24.2 Å². The molecular weight excluding hydrogens is 302 g/mol. The summed E-state index contributed by atoms with van der Waals surface area (Å²) in [6.07, 6.45) is 2.55. The van der Waals surface area contributed by atoms with Gasteiger partial charge >= 0.3 is 0 Å². The molecule has 1 heterocycles. The van der Waals surface area contributed by atoms with Gasteiger partial charge < -0.3 is 4.74 Å². The lowest BCUT2D eigenvalue weighted by Crippen LogP contribution is -2.07. The van der Waals surface area contributed by atoms with Gasteiger partial charge in [0.1, 0.15) is 10.6 Å². The van der Waals surface area contributed by atoms with E-state index in [1.807, 2.05) is 13.8 Å². The van der Waals surface area contributed by atoms with Crippen molar-refractivity contribution in [2.75, 3.05) is 6.26 Å². The first-order valence-corrected chi connectivity index (χ1v) is 8.65. The summed E-state index contributed by atoms with van der Waals surface area (Å²) in [5.74, 6) is 0.326. The van der Waals surface area contributed by atoms with E-state index in [1.54, 1.807) is 30.3 Å². The molecule has 0 fully saturated rings. The molecule has 0 atom stereocenters. The molecule has 0 aliphatic heterocycles. The lowest BCUT2D eigenvalue weighted by molar-refractivity contribution is 0.0939. The Kier molecular flexibility index (Phi) is 4.61. The van der Waals surface area contributed by atoms with Crippen molar-refractivity contribution in [2.24, 2.45) is 5.92 Å². The third-order valence-corrected chi connectivity index (χ3v) is 4.14. The first-order valence-electron chi connectivity index (χ1n) is 6.76. The average Bonchev–Trinajstić information content (AvgIpc) is 2.46. The van der Waals surface area contributed by atoms with Crippen LogP contribution >= 0.6 is 0 Å². The van der Waals surface area contributed by atoms with Crippen molar-refractivity contribution in [2.45, 2.75) is 18.7 Å². The number of ether oxygens (including phenoxy) is 1. The van der Waals surface area contributed by atoms with Gasteiger partial charge in [-0.05, 0) is 18.2 Å². The van der Waals surface area contributed by atoms with Gasteiger partial charge in [-0.2, -0.15) is 0 Å². The molecule has 0 radical (unpaired) electrons. The summed E-state index contributed by atoms with van der Waals surface area (Å²) in [7, 11) is -3.39. The van der Waals surface area contributed by atoms with E-state index in [1.165, 1.54) is 12.3 Å². The fourth-order valence-electron chi connectivity index (χ4n) is 1.87. The molecule has 6 heteroatoms. The first-order chi connectivity index (χ1) is 10.3. The molecule has 0 aliphatic rings. The topological polar surface area (TPSA) is 73.3 Å². The number of carbonyl (C=O) groups is 1. The van der Waals surface area contributed by atoms with E-state index < -0.39 is 9.84 Å². The maximum atomic E-state index is 11.8. The maximum absolute atomic E-state index is 11.8. The van der Waals surface area contributed by atoms with Crippen LogP contribution in [0.2, 0.25) is 0 Å². The van der Waals surface area contributed by atoms with Crippen LogP contribution in [-0.2, 0) is 9.84 Å². The van der Waals surface area contributed by atoms with Crippen LogP contribution in [0.4, 0.5) is 0 Å². The molecule has 5 nitrogen and oxygen atoms in total. The Bertz CT molecular complexity index is 780. The fourth-order valence-corrected chi connectivity index (χ4v) is 2.67. The summed E-state index contributed by atoms with van der Waals surface area (Å²) >= 11 is 0. The molecule has 0 N–H and O–H groups in total. The molecule has 116 valence electrons. The van der Waals surface area contributed by atoms with Gasteiger partial charge in [0.2, 0.25) is 5.88 Å².